The number of aromatic amines is 1. The van der Waals surface area contributed by atoms with Crippen molar-refractivity contribution in [1.82, 2.24) is 25.3 Å². The van der Waals surface area contributed by atoms with Crippen molar-refractivity contribution in [1.29, 1.82) is 0 Å². The molecule has 0 saturated heterocycles. The Kier molecular flexibility index (Phi) is 4.46. The summed E-state index contributed by atoms with van der Waals surface area (Å²) in [4.78, 5) is 20.0. The van der Waals surface area contributed by atoms with E-state index >= 15 is 0 Å². The maximum Gasteiger partial charge on any atom is 0.269 e. The van der Waals surface area contributed by atoms with E-state index in [2.05, 4.69) is 25.3 Å². The quantitative estimate of drug-likeness (QED) is 0.301. The molecule has 0 atom stereocenters. The third-order valence-electron chi connectivity index (χ3n) is 3.35. The van der Waals surface area contributed by atoms with E-state index in [1.54, 1.807) is 23.5 Å². The van der Waals surface area contributed by atoms with E-state index in [-0.39, 0.29) is 5.69 Å². The maximum absolute atomic E-state index is 10.7. The summed E-state index contributed by atoms with van der Waals surface area (Å²) >= 11 is 2.95. The first-order valence-electron chi connectivity index (χ1n) is 7.35. The lowest BCUT2D eigenvalue weighted by Crippen LogP contribution is -1.88. The van der Waals surface area contributed by atoms with Crippen molar-refractivity contribution in [3.63, 3.8) is 0 Å². The highest BCUT2D eigenvalue weighted by Gasteiger charge is 2.13. The fourth-order valence-corrected chi connectivity index (χ4v) is 3.42. The Balaban J connectivity index is 1.41. The molecule has 0 unspecified atom stereocenters. The van der Waals surface area contributed by atoms with E-state index < -0.39 is 4.92 Å². The van der Waals surface area contributed by atoms with Crippen molar-refractivity contribution in [2.75, 3.05) is 0 Å². The minimum Gasteiger partial charge on any atom is -0.338 e. The summed E-state index contributed by atoms with van der Waals surface area (Å²) in [6.45, 7) is 0. The van der Waals surface area contributed by atoms with E-state index in [4.69, 9.17) is 4.52 Å². The van der Waals surface area contributed by atoms with Gasteiger partial charge in [-0.25, -0.2) is 4.98 Å². The van der Waals surface area contributed by atoms with Gasteiger partial charge < -0.3 is 4.52 Å². The Bertz CT molecular complexity index is 1030. The summed E-state index contributed by atoms with van der Waals surface area (Å²) in [5, 5.41) is 24.2. The van der Waals surface area contributed by atoms with Crippen LogP contribution in [0.2, 0.25) is 0 Å². The minimum absolute atomic E-state index is 0.0131. The molecule has 26 heavy (non-hydrogen) atoms. The molecule has 130 valence electrons. The number of hydrogen-bond acceptors (Lipinski definition) is 9. The zero-order valence-corrected chi connectivity index (χ0v) is 14.7. The molecule has 1 N–H and O–H groups in total. The van der Waals surface area contributed by atoms with Crippen LogP contribution in [0.4, 0.5) is 5.69 Å². The predicted molar refractivity (Wildman–Crippen MR) is 95.6 cm³/mol. The van der Waals surface area contributed by atoms with Crippen LogP contribution in [-0.2, 0) is 5.75 Å². The van der Waals surface area contributed by atoms with Crippen LogP contribution < -0.4 is 0 Å². The number of nitro groups is 1. The smallest absolute Gasteiger partial charge is 0.269 e. The summed E-state index contributed by atoms with van der Waals surface area (Å²) < 4.78 is 5.22. The number of H-pyrrole nitrogens is 1. The average molecular weight is 386 g/mol. The third kappa shape index (κ3) is 3.48. The summed E-state index contributed by atoms with van der Waals surface area (Å²) in [5.74, 6) is 1.94. The lowest BCUT2D eigenvalue weighted by atomic mass is 10.2. The van der Waals surface area contributed by atoms with Gasteiger partial charge in [0.1, 0.15) is 0 Å². The normalized spacial score (nSPS) is 10.9. The van der Waals surface area contributed by atoms with Gasteiger partial charge in [-0.05, 0) is 23.6 Å². The van der Waals surface area contributed by atoms with Gasteiger partial charge in [-0.2, -0.15) is 4.98 Å². The molecule has 0 aliphatic rings. The van der Waals surface area contributed by atoms with Gasteiger partial charge in [-0.3, -0.25) is 15.2 Å². The Morgan fingerprint density at radius 2 is 2.08 bits per heavy atom. The minimum atomic E-state index is -0.455. The highest BCUT2D eigenvalue weighted by atomic mass is 32.2. The lowest BCUT2D eigenvalue weighted by Gasteiger charge is -1.93. The molecule has 0 aliphatic carbocycles. The molecule has 3 aromatic heterocycles. The standard InChI is InChI=1S/C15H10N6O3S2/c22-21(23)10-5-3-9(4-6-10)13-16-12(24-20-13)8-26-15-17-14(18-19-15)11-2-1-7-25-11/h1-7H,8H2,(H,17,18,19). The van der Waals surface area contributed by atoms with Crippen LogP contribution in [0, 0.1) is 10.1 Å². The van der Waals surface area contributed by atoms with Crippen molar-refractivity contribution < 1.29 is 9.45 Å². The molecule has 4 aromatic rings. The van der Waals surface area contributed by atoms with Gasteiger partial charge >= 0.3 is 0 Å². The van der Waals surface area contributed by atoms with Crippen LogP contribution in [0.25, 0.3) is 22.1 Å². The topological polar surface area (TPSA) is 124 Å². The molecule has 0 bridgehead atoms. The number of thiophene rings is 1. The maximum atomic E-state index is 10.7. The van der Waals surface area contributed by atoms with Crippen LogP contribution in [0.1, 0.15) is 5.89 Å². The SMILES string of the molecule is O=[N+]([O-])c1ccc(-c2noc(CSc3n[nH]c(-c4cccs4)n3)n2)cc1. The molecule has 0 radical (unpaired) electrons. The van der Waals surface area contributed by atoms with Gasteiger partial charge in [0.05, 0.1) is 15.6 Å². The number of aromatic nitrogens is 5. The number of nitro benzene ring substituents is 1. The first-order chi connectivity index (χ1) is 12.7. The first-order valence-corrected chi connectivity index (χ1v) is 9.22. The van der Waals surface area contributed by atoms with Crippen molar-refractivity contribution in [2.45, 2.75) is 10.9 Å². The van der Waals surface area contributed by atoms with Gasteiger partial charge in [-0.1, -0.05) is 23.0 Å². The highest BCUT2D eigenvalue weighted by Crippen LogP contribution is 2.25. The van der Waals surface area contributed by atoms with Gasteiger partial charge in [0.25, 0.3) is 5.69 Å². The zero-order chi connectivity index (χ0) is 17.9. The fourth-order valence-electron chi connectivity index (χ4n) is 2.12. The van der Waals surface area contributed by atoms with Crippen LogP contribution in [0.5, 0.6) is 0 Å². The van der Waals surface area contributed by atoms with Crippen molar-refractivity contribution in [3.8, 4) is 22.1 Å². The summed E-state index contributed by atoms with van der Waals surface area (Å²) in [5.41, 5.74) is 0.660. The Hall–Kier alpha value is -3.05. The molecule has 11 heteroatoms. The number of benzene rings is 1. The van der Waals surface area contributed by atoms with Gasteiger partial charge in [0.15, 0.2) is 5.82 Å². The Morgan fingerprint density at radius 1 is 1.23 bits per heavy atom. The predicted octanol–water partition coefficient (Wildman–Crippen LogP) is 3.78. The number of rotatable bonds is 6. The monoisotopic (exact) mass is 386 g/mol. The second-order valence-electron chi connectivity index (χ2n) is 5.05. The molecule has 9 nitrogen and oxygen atoms in total. The van der Waals surface area contributed by atoms with Crippen molar-refractivity contribution in [3.05, 3.63) is 57.8 Å². The van der Waals surface area contributed by atoms with E-state index in [1.807, 2.05) is 17.5 Å². The highest BCUT2D eigenvalue weighted by molar-refractivity contribution is 7.98. The second kappa shape index (κ2) is 7.06. The fraction of sp³-hybridized carbons (Fsp3) is 0.0667. The molecule has 0 saturated carbocycles. The van der Waals surface area contributed by atoms with Crippen LogP contribution >= 0.6 is 23.1 Å². The molecule has 1 aromatic carbocycles. The van der Waals surface area contributed by atoms with Crippen molar-refractivity contribution >= 4 is 28.8 Å². The third-order valence-corrected chi connectivity index (χ3v) is 5.06. The van der Waals surface area contributed by atoms with Crippen LogP contribution in [-0.4, -0.2) is 30.2 Å². The average Bonchev–Trinajstić information content (AvgIpc) is 3.40. The Morgan fingerprint density at radius 3 is 2.81 bits per heavy atom. The number of nitrogens with one attached hydrogen (secondary N) is 1. The summed E-state index contributed by atoms with van der Waals surface area (Å²) in [6, 6.07) is 9.90. The van der Waals surface area contributed by atoms with E-state index in [0.717, 1.165) is 10.7 Å². The number of non-ortho nitro benzene ring substituents is 1. The van der Waals surface area contributed by atoms with Crippen LogP contribution in [0.15, 0.2) is 51.5 Å². The molecule has 3 heterocycles. The summed E-state index contributed by atoms with van der Waals surface area (Å²) in [7, 11) is 0. The number of hydrogen-bond donors (Lipinski definition) is 1. The largest absolute Gasteiger partial charge is 0.338 e. The van der Waals surface area contributed by atoms with Crippen molar-refractivity contribution in [2.24, 2.45) is 0 Å². The number of nitrogens with zero attached hydrogens (tertiary/aromatic N) is 5. The van der Waals surface area contributed by atoms with E-state index in [0.29, 0.717) is 28.2 Å². The molecule has 0 fully saturated rings. The molecule has 0 amide bonds. The van der Waals surface area contributed by atoms with Gasteiger partial charge in [0.2, 0.25) is 16.9 Å². The van der Waals surface area contributed by atoms with E-state index in [9.17, 15) is 10.1 Å². The number of thioether (sulfide) groups is 1. The van der Waals surface area contributed by atoms with Gasteiger partial charge in [-0.15, -0.1) is 16.4 Å². The summed E-state index contributed by atoms with van der Waals surface area (Å²) in [6.07, 6.45) is 0. The molecular formula is C15H10N6O3S2. The van der Waals surface area contributed by atoms with Crippen LogP contribution in [0.3, 0.4) is 0 Å². The molecule has 0 spiro atoms. The Labute approximate surface area is 154 Å². The second-order valence-corrected chi connectivity index (χ2v) is 6.94. The molecule has 0 aliphatic heterocycles. The molecule has 4 rings (SSSR count). The zero-order valence-electron chi connectivity index (χ0n) is 13.0. The van der Waals surface area contributed by atoms with Gasteiger partial charge in [0, 0.05) is 17.7 Å². The lowest BCUT2D eigenvalue weighted by molar-refractivity contribution is -0.384. The van der Waals surface area contributed by atoms with E-state index in [1.165, 1.54) is 23.9 Å². The first kappa shape index (κ1) is 16.4. The molecular weight excluding hydrogens is 376 g/mol.